The van der Waals surface area contributed by atoms with E-state index in [1.807, 2.05) is 22.1 Å². The van der Waals surface area contributed by atoms with Crippen LogP contribution in [0.3, 0.4) is 0 Å². The second-order valence-electron chi connectivity index (χ2n) is 5.79. The highest BCUT2D eigenvalue weighted by Gasteiger charge is 2.27. The minimum atomic E-state index is 0.127. The number of aromatic amines is 1. The second kappa shape index (κ2) is 6.04. The van der Waals surface area contributed by atoms with E-state index in [9.17, 15) is 4.79 Å². The first-order valence-corrected chi connectivity index (χ1v) is 7.97. The number of nitrogens with one attached hydrogen (secondary N) is 1. The van der Waals surface area contributed by atoms with Crippen LogP contribution in [0.5, 0.6) is 0 Å². The van der Waals surface area contributed by atoms with E-state index in [0.29, 0.717) is 39.4 Å². The lowest BCUT2D eigenvalue weighted by Crippen LogP contribution is -2.55. The summed E-state index contributed by atoms with van der Waals surface area (Å²) in [6.07, 6.45) is 3.46. The molecule has 0 aliphatic carbocycles. The predicted octanol–water partition coefficient (Wildman–Crippen LogP) is 0.532. The summed E-state index contributed by atoms with van der Waals surface area (Å²) in [4.78, 5) is 30.3. The molecule has 122 valence electrons. The van der Waals surface area contributed by atoms with Gasteiger partial charge in [-0.05, 0) is 6.07 Å². The van der Waals surface area contributed by atoms with Gasteiger partial charge in [0.25, 0.3) is 0 Å². The third-order valence-corrected chi connectivity index (χ3v) is 4.46. The van der Waals surface area contributed by atoms with E-state index < -0.39 is 0 Å². The number of carbonyl (C=O) groups excluding carboxylic acids is 1. The van der Waals surface area contributed by atoms with E-state index in [-0.39, 0.29) is 6.03 Å². The first-order chi connectivity index (χ1) is 11.3. The maximum Gasteiger partial charge on any atom is 0.320 e. The van der Waals surface area contributed by atoms with Crippen LogP contribution < -0.4 is 4.90 Å². The Labute approximate surface area is 134 Å². The molecule has 23 heavy (non-hydrogen) atoms. The number of fused-ring (bicyclic) bond motifs is 1. The summed E-state index contributed by atoms with van der Waals surface area (Å²) in [6, 6.07) is 2.12. The molecule has 1 N–H and O–H groups in total. The van der Waals surface area contributed by atoms with E-state index in [2.05, 4.69) is 19.9 Å². The predicted molar refractivity (Wildman–Crippen MR) is 85.5 cm³/mol. The molecule has 0 saturated carbocycles. The Morgan fingerprint density at radius 1 is 1.04 bits per heavy atom. The summed E-state index contributed by atoms with van der Waals surface area (Å²) in [5, 5.41) is 1.03. The van der Waals surface area contributed by atoms with Crippen molar-refractivity contribution in [3.05, 3.63) is 18.6 Å². The van der Waals surface area contributed by atoms with Crippen molar-refractivity contribution in [2.24, 2.45) is 0 Å². The van der Waals surface area contributed by atoms with Gasteiger partial charge in [-0.2, -0.15) is 0 Å². The number of rotatable bonds is 1. The average Bonchev–Trinajstić information content (AvgIpc) is 3.11. The van der Waals surface area contributed by atoms with E-state index in [4.69, 9.17) is 4.74 Å². The molecule has 0 spiro atoms. The number of urea groups is 1. The normalized spacial score (nSPS) is 19.4. The number of hydrogen-bond acceptors (Lipinski definition) is 5. The van der Waals surface area contributed by atoms with Gasteiger partial charge < -0.3 is 24.4 Å². The van der Waals surface area contributed by atoms with Gasteiger partial charge in [0.05, 0.1) is 18.6 Å². The van der Waals surface area contributed by atoms with Gasteiger partial charge in [0.1, 0.15) is 17.8 Å². The molecule has 8 heteroatoms. The fourth-order valence-electron chi connectivity index (χ4n) is 3.17. The Morgan fingerprint density at radius 3 is 2.57 bits per heavy atom. The van der Waals surface area contributed by atoms with Crippen LogP contribution >= 0.6 is 0 Å². The summed E-state index contributed by atoms with van der Waals surface area (Å²) in [5.41, 5.74) is 0.849. The van der Waals surface area contributed by atoms with Crippen molar-refractivity contribution in [2.45, 2.75) is 0 Å². The lowest BCUT2D eigenvalue weighted by Gasteiger charge is -2.39. The number of hydrogen-bond donors (Lipinski definition) is 1. The molecule has 0 unspecified atom stereocenters. The van der Waals surface area contributed by atoms with Gasteiger partial charge in [-0.1, -0.05) is 0 Å². The van der Waals surface area contributed by atoms with Gasteiger partial charge in [0.15, 0.2) is 0 Å². The third-order valence-electron chi connectivity index (χ3n) is 4.46. The van der Waals surface area contributed by atoms with Crippen molar-refractivity contribution in [2.75, 3.05) is 57.4 Å². The number of ether oxygens (including phenoxy) is 1. The van der Waals surface area contributed by atoms with Gasteiger partial charge in [-0.15, -0.1) is 0 Å². The van der Waals surface area contributed by atoms with Gasteiger partial charge in [0, 0.05) is 45.5 Å². The van der Waals surface area contributed by atoms with E-state index in [0.717, 1.165) is 29.9 Å². The summed E-state index contributed by atoms with van der Waals surface area (Å²) in [5.74, 6) is 0.940. The van der Waals surface area contributed by atoms with Gasteiger partial charge in [0.2, 0.25) is 0 Å². The number of piperazine rings is 1. The Bertz CT molecular complexity index is 688. The average molecular weight is 316 g/mol. The Morgan fingerprint density at radius 2 is 1.78 bits per heavy atom. The lowest BCUT2D eigenvalue weighted by atomic mass is 10.2. The molecule has 2 aliphatic heterocycles. The maximum absolute atomic E-state index is 12.5. The zero-order valence-corrected chi connectivity index (χ0v) is 12.9. The number of nitrogens with zero attached hydrogens (tertiary/aromatic N) is 5. The molecule has 2 aromatic rings. The van der Waals surface area contributed by atoms with E-state index >= 15 is 0 Å². The fourth-order valence-corrected chi connectivity index (χ4v) is 3.17. The van der Waals surface area contributed by atoms with E-state index in [1.54, 1.807) is 6.33 Å². The quantitative estimate of drug-likeness (QED) is 0.830. The van der Waals surface area contributed by atoms with Crippen molar-refractivity contribution >= 4 is 22.9 Å². The molecule has 2 saturated heterocycles. The number of amides is 2. The zero-order chi connectivity index (χ0) is 15.6. The molecule has 0 atom stereocenters. The monoisotopic (exact) mass is 316 g/mol. The van der Waals surface area contributed by atoms with E-state index in [1.165, 1.54) is 0 Å². The second-order valence-corrected chi connectivity index (χ2v) is 5.79. The lowest BCUT2D eigenvalue weighted by molar-refractivity contribution is 0.0428. The van der Waals surface area contributed by atoms with Gasteiger partial charge in [-0.3, -0.25) is 0 Å². The zero-order valence-electron chi connectivity index (χ0n) is 12.9. The minimum Gasteiger partial charge on any atom is -0.378 e. The standard InChI is InChI=1S/C15H20N6O2/c22-15(21-7-9-23-10-8-21)20-5-3-19(4-6-20)14-12-1-2-16-13(12)17-11-18-14/h1-2,11H,3-10H2,(H,16,17,18). The largest absolute Gasteiger partial charge is 0.378 e. The highest BCUT2D eigenvalue weighted by atomic mass is 16.5. The molecular weight excluding hydrogens is 296 g/mol. The summed E-state index contributed by atoms with van der Waals surface area (Å²) in [6.45, 7) is 5.65. The highest BCUT2D eigenvalue weighted by molar-refractivity contribution is 5.87. The van der Waals surface area contributed by atoms with Gasteiger partial charge >= 0.3 is 6.03 Å². The summed E-state index contributed by atoms with van der Waals surface area (Å²) >= 11 is 0. The van der Waals surface area contributed by atoms with Crippen LogP contribution in [0.4, 0.5) is 10.6 Å². The van der Waals surface area contributed by atoms with Crippen molar-refractivity contribution < 1.29 is 9.53 Å². The number of morpholine rings is 1. The fraction of sp³-hybridized carbons (Fsp3) is 0.533. The van der Waals surface area contributed by atoms with Crippen LogP contribution in [0.1, 0.15) is 0 Å². The smallest absolute Gasteiger partial charge is 0.320 e. The van der Waals surface area contributed by atoms with Crippen LogP contribution in [-0.2, 0) is 4.74 Å². The van der Waals surface area contributed by atoms with Crippen LogP contribution in [0.15, 0.2) is 18.6 Å². The molecule has 2 amide bonds. The molecule has 0 aromatic carbocycles. The van der Waals surface area contributed by atoms with Gasteiger partial charge in [-0.25, -0.2) is 14.8 Å². The highest BCUT2D eigenvalue weighted by Crippen LogP contribution is 2.23. The molecule has 4 heterocycles. The summed E-state index contributed by atoms with van der Waals surface area (Å²) in [7, 11) is 0. The Kier molecular flexibility index (Phi) is 3.74. The maximum atomic E-state index is 12.5. The number of H-pyrrole nitrogens is 1. The molecule has 0 bridgehead atoms. The van der Waals surface area contributed by atoms with Crippen molar-refractivity contribution in [1.82, 2.24) is 24.8 Å². The minimum absolute atomic E-state index is 0.127. The Hall–Kier alpha value is -2.35. The summed E-state index contributed by atoms with van der Waals surface area (Å²) < 4.78 is 5.31. The first-order valence-electron chi connectivity index (χ1n) is 7.97. The number of carbonyl (C=O) groups is 1. The molecule has 4 rings (SSSR count). The van der Waals surface area contributed by atoms with Crippen LogP contribution in [0.2, 0.25) is 0 Å². The molecule has 2 aromatic heterocycles. The van der Waals surface area contributed by atoms with Crippen LogP contribution in [0, 0.1) is 0 Å². The van der Waals surface area contributed by atoms with Crippen molar-refractivity contribution in [3.8, 4) is 0 Å². The molecule has 0 radical (unpaired) electrons. The van der Waals surface area contributed by atoms with Crippen molar-refractivity contribution in [3.63, 3.8) is 0 Å². The topological polar surface area (TPSA) is 77.6 Å². The van der Waals surface area contributed by atoms with Crippen molar-refractivity contribution in [1.29, 1.82) is 0 Å². The number of aromatic nitrogens is 3. The van der Waals surface area contributed by atoms with Crippen LogP contribution in [-0.4, -0.2) is 83.3 Å². The molecule has 8 nitrogen and oxygen atoms in total. The Balaban J connectivity index is 1.42. The number of anilines is 1. The van der Waals surface area contributed by atoms with Crippen LogP contribution in [0.25, 0.3) is 11.0 Å². The molecular formula is C15H20N6O2. The molecule has 2 aliphatic rings. The SMILES string of the molecule is O=C(N1CCOCC1)N1CCN(c2ncnc3[nH]ccc23)CC1. The first kappa shape index (κ1) is 14.3. The third kappa shape index (κ3) is 2.70. The molecule has 2 fully saturated rings.